The average Bonchev–Trinajstić information content (AvgIpc) is 2.66. The molecule has 2 aromatic carbocycles. The minimum atomic E-state index is -5.78. The van der Waals surface area contributed by atoms with Crippen molar-refractivity contribution in [2.24, 2.45) is 0 Å². The van der Waals surface area contributed by atoms with E-state index >= 15 is 0 Å². The second-order valence-electron chi connectivity index (χ2n) is 5.88. The first-order valence-corrected chi connectivity index (χ1v) is 9.42. The molecular weight excluding hydrogens is 393 g/mol. The summed E-state index contributed by atoms with van der Waals surface area (Å²) >= 11 is 0. The second kappa shape index (κ2) is 6.45. The highest BCUT2D eigenvalue weighted by molar-refractivity contribution is 7.87. The van der Waals surface area contributed by atoms with Crippen LogP contribution < -0.4 is 4.18 Å². The van der Waals surface area contributed by atoms with E-state index in [9.17, 15) is 21.6 Å². The van der Waals surface area contributed by atoms with E-state index in [1.54, 1.807) is 18.3 Å². The first-order chi connectivity index (χ1) is 13.3. The monoisotopic (exact) mass is 404 g/mol. The zero-order valence-corrected chi connectivity index (χ0v) is 14.8. The summed E-state index contributed by atoms with van der Waals surface area (Å²) in [5.74, 6) is -0.651. The van der Waals surface area contributed by atoms with Gasteiger partial charge in [0, 0.05) is 23.0 Å². The van der Waals surface area contributed by atoms with Gasteiger partial charge in [-0.15, -0.1) is 0 Å². The molecule has 0 aliphatic heterocycles. The number of pyridine rings is 2. The van der Waals surface area contributed by atoms with E-state index in [4.69, 9.17) is 0 Å². The van der Waals surface area contributed by atoms with E-state index < -0.39 is 21.5 Å². The van der Waals surface area contributed by atoms with E-state index in [0.717, 1.165) is 28.1 Å². The number of alkyl halides is 3. The molecule has 142 valence electrons. The summed E-state index contributed by atoms with van der Waals surface area (Å²) in [6.45, 7) is 0. The van der Waals surface area contributed by atoms with Crippen LogP contribution in [-0.2, 0) is 10.1 Å². The lowest BCUT2D eigenvalue weighted by molar-refractivity contribution is -0.0501. The molecule has 0 unspecified atom stereocenters. The molecule has 0 saturated heterocycles. The molecule has 0 radical (unpaired) electrons. The Bertz CT molecular complexity index is 1300. The molecule has 5 nitrogen and oxygen atoms in total. The lowest BCUT2D eigenvalue weighted by atomic mass is 9.97. The first-order valence-electron chi connectivity index (χ1n) is 8.01. The summed E-state index contributed by atoms with van der Waals surface area (Å²) in [6, 6.07) is 17.0. The molecular formula is C19H11F3N2O3S. The summed E-state index contributed by atoms with van der Waals surface area (Å²) in [5, 5.41) is 1.54. The number of halogens is 3. The SMILES string of the molecule is O=S(=O)(Oc1ccc2c(-c3cccc4ncccc34)cccc2n1)C(F)(F)F. The summed E-state index contributed by atoms with van der Waals surface area (Å²) in [7, 11) is -5.78. The van der Waals surface area contributed by atoms with Gasteiger partial charge < -0.3 is 4.18 Å². The molecule has 28 heavy (non-hydrogen) atoms. The summed E-state index contributed by atoms with van der Waals surface area (Å²) in [5.41, 5.74) is -2.78. The Morgan fingerprint density at radius 3 is 2.11 bits per heavy atom. The highest BCUT2D eigenvalue weighted by Gasteiger charge is 2.48. The van der Waals surface area contributed by atoms with Gasteiger partial charge in [0.25, 0.3) is 0 Å². The standard InChI is InChI=1S/C19H11F3N2O3S/c20-19(21,22)28(25,26)27-18-10-9-15-13(5-2-8-17(15)24-18)12-4-1-7-16-14(12)6-3-11-23-16/h1-11H. The van der Waals surface area contributed by atoms with Gasteiger partial charge in [-0.3, -0.25) is 4.98 Å². The van der Waals surface area contributed by atoms with Crippen LogP contribution in [-0.4, -0.2) is 23.9 Å². The first kappa shape index (κ1) is 18.2. The van der Waals surface area contributed by atoms with Gasteiger partial charge >= 0.3 is 15.6 Å². The van der Waals surface area contributed by atoms with Gasteiger partial charge in [0.2, 0.25) is 5.88 Å². The van der Waals surface area contributed by atoms with E-state index in [1.165, 1.54) is 6.07 Å². The Hall–Kier alpha value is -3.20. The third-order valence-corrected chi connectivity index (χ3v) is 5.08. The van der Waals surface area contributed by atoms with Crippen molar-refractivity contribution in [1.82, 2.24) is 9.97 Å². The van der Waals surface area contributed by atoms with Gasteiger partial charge in [0.1, 0.15) is 0 Å². The molecule has 9 heteroatoms. The van der Waals surface area contributed by atoms with Crippen LogP contribution in [0.25, 0.3) is 32.9 Å². The van der Waals surface area contributed by atoms with Gasteiger partial charge in [-0.05, 0) is 35.4 Å². The molecule has 0 bridgehead atoms. The van der Waals surface area contributed by atoms with Crippen molar-refractivity contribution in [1.29, 1.82) is 0 Å². The average molecular weight is 404 g/mol. The minimum absolute atomic E-state index is 0.299. The van der Waals surface area contributed by atoms with Crippen LogP contribution in [0.5, 0.6) is 5.88 Å². The Morgan fingerprint density at radius 2 is 1.43 bits per heavy atom. The van der Waals surface area contributed by atoms with Gasteiger partial charge in [0.05, 0.1) is 11.0 Å². The van der Waals surface area contributed by atoms with Gasteiger partial charge in [-0.2, -0.15) is 21.6 Å². The fourth-order valence-corrected chi connectivity index (χ4v) is 3.33. The van der Waals surface area contributed by atoms with Crippen LogP contribution in [0, 0.1) is 0 Å². The highest BCUT2D eigenvalue weighted by Crippen LogP contribution is 2.34. The number of fused-ring (bicyclic) bond motifs is 2. The molecule has 0 amide bonds. The number of benzene rings is 2. The lowest BCUT2D eigenvalue weighted by Crippen LogP contribution is -2.28. The molecule has 0 atom stereocenters. The topological polar surface area (TPSA) is 69.2 Å². The Morgan fingerprint density at radius 1 is 0.786 bits per heavy atom. The lowest BCUT2D eigenvalue weighted by Gasteiger charge is -2.11. The fourth-order valence-electron chi connectivity index (χ4n) is 2.92. The van der Waals surface area contributed by atoms with Crippen LogP contribution in [0.1, 0.15) is 0 Å². The summed E-state index contributed by atoms with van der Waals surface area (Å²) < 4.78 is 64.1. The van der Waals surface area contributed by atoms with Gasteiger partial charge in [0.15, 0.2) is 0 Å². The van der Waals surface area contributed by atoms with Crippen LogP contribution >= 0.6 is 0 Å². The fraction of sp³-hybridized carbons (Fsp3) is 0.0526. The Balaban J connectivity index is 1.85. The van der Waals surface area contributed by atoms with Crippen LogP contribution in [0.4, 0.5) is 13.2 Å². The molecule has 0 aliphatic carbocycles. The van der Waals surface area contributed by atoms with Crippen molar-refractivity contribution in [2.75, 3.05) is 0 Å². The Labute approximate surface area is 157 Å². The number of hydrogen-bond donors (Lipinski definition) is 0. The molecule has 0 fully saturated rings. The molecule has 0 N–H and O–H groups in total. The van der Waals surface area contributed by atoms with E-state index in [2.05, 4.69) is 14.2 Å². The number of hydrogen-bond acceptors (Lipinski definition) is 5. The van der Waals surface area contributed by atoms with Crippen molar-refractivity contribution < 1.29 is 25.8 Å². The third kappa shape index (κ3) is 3.13. The smallest absolute Gasteiger partial charge is 0.355 e. The van der Waals surface area contributed by atoms with Crippen molar-refractivity contribution in [3.05, 3.63) is 66.9 Å². The number of nitrogens with zero attached hydrogens (tertiary/aromatic N) is 2. The minimum Gasteiger partial charge on any atom is -0.355 e. The van der Waals surface area contributed by atoms with Crippen molar-refractivity contribution in [3.8, 4) is 17.0 Å². The van der Waals surface area contributed by atoms with Crippen molar-refractivity contribution in [2.45, 2.75) is 5.51 Å². The van der Waals surface area contributed by atoms with Gasteiger partial charge in [-0.25, -0.2) is 4.98 Å². The normalized spacial score (nSPS) is 12.4. The summed E-state index contributed by atoms with van der Waals surface area (Å²) in [6.07, 6.45) is 1.68. The molecule has 4 aromatic rings. The van der Waals surface area contributed by atoms with Crippen LogP contribution in [0.3, 0.4) is 0 Å². The quantitative estimate of drug-likeness (QED) is 0.366. The molecule has 2 heterocycles. The van der Waals surface area contributed by atoms with Crippen LogP contribution in [0.2, 0.25) is 0 Å². The molecule has 0 spiro atoms. The summed E-state index contributed by atoms with van der Waals surface area (Å²) in [4.78, 5) is 8.24. The zero-order chi connectivity index (χ0) is 19.9. The van der Waals surface area contributed by atoms with E-state index in [1.807, 2.05) is 36.4 Å². The van der Waals surface area contributed by atoms with Crippen LogP contribution in [0.15, 0.2) is 66.9 Å². The number of rotatable bonds is 3. The van der Waals surface area contributed by atoms with Gasteiger partial charge in [-0.1, -0.05) is 30.3 Å². The maximum absolute atomic E-state index is 12.5. The maximum atomic E-state index is 12.5. The number of aromatic nitrogens is 2. The second-order valence-corrected chi connectivity index (χ2v) is 7.42. The van der Waals surface area contributed by atoms with E-state index in [0.29, 0.717) is 10.9 Å². The highest BCUT2D eigenvalue weighted by atomic mass is 32.2. The molecule has 0 aliphatic rings. The molecule has 0 saturated carbocycles. The Kier molecular flexibility index (Phi) is 4.19. The van der Waals surface area contributed by atoms with Crippen molar-refractivity contribution in [3.63, 3.8) is 0 Å². The van der Waals surface area contributed by atoms with E-state index in [-0.39, 0.29) is 0 Å². The predicted octanol–water partition coefficient (Wildman–Crippen LogP) is 4.68. The third-order valence-electron chi connectivity index (χ3n) is 4.12. The predicted molar refractivity (Wildman–Crippen MR) is 98.1 cm³/mol. The molecule has 4 rings (SSSR count). The largest absolute Gasteiger partial charge is 0.534 e. The maximum Gasteiger partial charge on any atom is 0.534 e. The zero-order valence-electron chi connectivity index (χ0n) is 14.0. The van der Waals surface area contributed by atoms with Crippen molar-refractivity contribution >= 4 is 31.9 Å². The molecule has 2 aromatic heterocycles.